The van der Waals surface area contributed by atoms with Crippen LogP contribution >= 0.6 is 0 Å². The molecule has 0 saturated carbocycles. The zero-order chi connectivity index (χ0) is 12.9. The van der Waals surface area contributed by atoms with Crippen LogP contribution in [0.5, 0.6) is 0 Å². The smallest absolute Gasteiger partial charge is 0.239 e. The quantitative estimate of drug-likeness (QED) is 0.661. The fourth-order valence-corrected chi connectivity index (χ4v) is 1.39. The van der Waals surface area contributed by atoms with Gasteiger partial charge in [-0.2, -0.15) is 0 Å². The van der Waals surface area contributed by atoms with Crippen LogP contribution in [0.3, 0.4) is 0 Å². The normalized spacial score (nSPS) is 13.2. The molecule has 0 saturated heterocycles. The van der Waals surface area contributed by atoms with Crippen molar-refractivity contribution < 1.29 is 9.90 Å². The first kappa shape index (κ1) is 13.6. The van der Waals surface area contributed by atoms with Crippen molar-refractivity contribution in [2.75, 3.05) is 13.2 Å². The van der Waals surface area contributed by atoms with Crippen LogP contribution in [0.1, 0.15) is 19.4 Å². The van der Waals surface area contributed by atoms with Crippen molar-refractivity contribution in [1.82, 2.24) is 10.3 Å². The number of aliphatic hydroxyl groups is 1. The molecule has 1 aromatic heterocycles. The molecule has 5 heteroatoms. The number of amides is 1. The van der Waals surface area contributed by atoms with Gasteiger partial charge in [0.2, 0.25) is 5.91 Å². The number of nitrogens with two attached hydrogens (primary N) is 1. The topological polar surface area (TPSA) is 88.2 Å². The van der Waals surface area contributed by atoms with E-state index in [0.717, 1.165) is 5.56 Å². The number of aromatic nitrogens is 1. The number of nitrogens with zero attached hydrogens (tertiary/aromatic N) is 1. The van der Waals surface area contributed by atoms with Crippen LogP contribution < -0.4 is 11.1 Å². The number of hydrogen-bond donors (Lipinski definition) is 3. The van der Waals surface area contributed by atoms with Gasteiger partial charge in [-0.15, -0.1) is 0 Å². The van der Waals surface area contributed by atoms with Crippen molar-refractivity contribution in [3.8, 4) is 0 Å². The molecule has 0 fully saturated rings. The lowest BCUT2D eigenvalue weighted by Gasteiger charge is -2.25. The Morgan fingerprint density at radius 2 is 2.35 bits per heavy atom. The van der Waals surface area contributed by atoms with Gasteiger partial charge in [0.25, 0.3) is 0 Å². The van der Waals surface area contributed by atoms with Crippen molar-refractivity contribution in [2.24, 2.45) is 5.73 Å². The minimum absolute atomic E-state index is 0.223. The molecule has 1 unspecified atom stereocenters. The van der Waals surface area contributed by atoms with E-state index in [0.29, 0.717) is 6.54 Å². The third-order valence-electron chi connectivity index (χ3n) is 2.68. The van der Waals surface area contributed by atoms with Crippen molar-refractivity contribution in [3.63, 3.8) is 0 Å². The molecule has 0 aliphatic heterocycles. The number of aliphatic hydroxyl groups excluding tert-OH is 1. The molecule has 0 bridgehead atoms. The number of rotatable bonds is 5. The summed E-state index contributed by atoms with van der Waals surface area (Å²) in [6.45, 7) is 4.12. The molecule has 0 aliphatic carbocycles. The maximum Gasteiger partial charge on any atom is 0.239 e. The molecule has 1 amide bonds. The highest BCUT2D eigenvalue weighted by atomic mass is 16.3. The maximum absolute atomic E-state index is 11.4. The standard InChI is InChI=1S/C12H19N3O2/c1-12(2,9-4-3-5-14-6-9)8-15-11(17)10(13)7-16/h3-6,10,16H,7-8,13H2,1-2H3,(H,15,17). The SMILES string of the molecule is CC(C)(CNC(=O)C(N)CO)c1cccnc1. The van der Waals surface area contributed by atoms with Crippen LogP contribution in [0.15, 0.2) is 24.5 Å². The highest BCUT2D eigenvalue weighted by Crippen LogP contribution is 2.20. The fourth-order valence-electron chi connectivity index (χ4n) is 1.39. The summed E-state index contributed by atoms with van der Waals surface area (Å²) in [5.41, 5.74) is 6.23. The minimum Gasteiger partial charge on any atom is -0.394 e. The molecule has 17 heavy (non-hydrogen) atoms. The number of nitrogens with one attached hydrogen (secondary N) is 1. The number of carbonyl (C=O) groups is 1. The second-order valence-electron chi connectivity index (χ2n) is 4.63. The van der Waals surface area contributed by atoms with E-state index in [1.165, 1.54) is 0 Å². The lowest BCUT2D eigenvalue weighted by molar-refractivity contribution is -0.123. The van der Waals surface area contributed by atoms with Crippen molar-refractivity contribution in [3.05, 3.63) is 30.1 Å². The Kier molecular flexibility index (Phi) is 4.60. The van der Waals surface area contributed by atoms with E-state index in [4.69, 9.17) is 10.8 Å². The summed E-state index contributed by atoms with van der Waals surface area (Å²) in [5, 5.41) is 11.5. The summed E-state index contributed by atoms with van der Waals surface area (Å²) in [4.78, 5) is 15.5. The molecule has 0 spiro atoms. The zero-order valence-corrected chi connectivity index (χ0v) is 10.2. The first-order chi connectivity index (χ1) is 7.97. The van der Waals surface area contributed by atoms with Crippen LogP contribution in [0, 0.1) is 0 Å². The highest BCUT2D eigenvalue weighted by molar-refractivity contribution is 5.81. The maximum atomic E-state index is 11.4. The average molecular weight is 237 g/mol. The van der Waals surface area contributed by atoms with E-state index < -0.39 is 6.04 Å². The molecular weight excluding hydrogens is 218 g/mol. The van der Waals surface area contributed by atoms with E-state index in [2.05, 4.69) is 10.3 Å². The predicted octanol–water partition coefficient (Wildman–Crippen LogP) is -0.205. The summed E-state index contributed by atoms with van der Waals surface area (Å²) in [6.07, 6.45) is 3.48. The Morgan fingerprint density at radius 1 is 1.65 bits per heavy atom. The second kappa shape index (κ2) is 5.75. The molecule has 0 radical (unpaired) electrons. The van der Waals surface area contributed by atoms with Crippen molar-refractivity contribution in [1.29, 1.82) is 0 Å². The van der Waals surface area contributed by atoms with Gasteiger partial charge < -0.3 is 16.2 Å². The number of carbonyl (C=O) groups excluding carboxylic acids is 1. The zero-order valence-electron chi connectivity index (χ0n) is 10.2. The second-order valence-corrected chi connectivity index (χ2v) is 4.63. The Hall–Kier alpha value is -1.46. The summed E-state index contributed by atoms with van der Waals surface area (Å²) in [5.74, 6) is -0.343. The lowest BCUT2D eigenvalue weighted by Crippen LogP contribution is -2.46. The van der Waals surface area contributed by atoms with Gasteiger partial charge in [-0.3, -0.25) is 9.78 Å². The highest BCUT2D eigenvalue weighted by Gasteiger charge is 2.22. The van der Waals surface area contributed by atoms with Crippen molar-refractivity contribution in [2.45, 2.75) is 25.3 Å². The van der Waals surface area contributed by atoms with Gasteiger partial charge in [-0.05, 0) is 11.6 Å². The van der Waals surface area contributed by atoms with Crippen LogP contribution in [0.25, 0.3) is 0 Å². The van der Waals surface area contributed by atoms with Crippen molar-refractivity contribution >= 4 is 5.91 Å². The molecule has 4 N–H and O–H groups in total. The minimum atomic E-state index is -0.861. The average Bonchev–Trinajstić information content (AvgIpc) is 2.36. The third kappa shape index (κ3) is 3.80. The Labute approximate surface area is 101 Å². The number of pyridine rings is 1. The fraction of sp³-hybridized carbons (Fsp3) is 0.500. The third-order valence-corrected chi connectivity index (χ3v) is 2.68. The first-order valence-electron chi connectivity index (χ1n) is 5.52. The molecule has 1 aromatic rings. The summed E-state index contributed by atoms with van der Waals surface area (Å²) in [7, 11) is 0. The lowest BCUT2D eigenvalue weighted by atomic mass is 9.85. The Balaban J connectivity index is 2.59. The largest absolute Gasteiger partial charge is 0.394 e. The predicted molar refractivity (Wildman–Crippen MR) is 65.3 cm³/mol. The van der Waals surface area contributed by atoms with Gasteiger partial charge >= 0.3 is 0 Å². The van der Waals surface area contributed by atoms with E-state index in [9.17, 15) is 4.79 Å². The van der Waals surface area contributed by atoms with Gasteiger partial charge in [0, 0.05) is 24.4 Å². The van der Waals surface area contributed by atoms with Crippen LogP contribution in [0.4, 0.5) is 0 Å². The summed E-state index contributed by atoms with van der Waals surface area (Å²) >= 11 is 0. The number of hydrogen-bond acceptors (Lipinski definition) is 4. The van der Waals surface area contributed by atoms with Crippen LogP contribution in [-0.2, 0) is 10.2 Å². The molecular formula is C12H19N3O2. The molecule has 1 heterocycles. The summed E-state index contributed by atoms with van der Waals surface area (Å²) < 4.78 is 0. The van der Waals surface area contributed by atoms with E-state index in [1.807, 2.05) is 26.0 Å². The molecule has 5 nitrogen and oxygen atoms in total. The van der Waals surface area contributed by atoms with Gasteiger partial charge in [-0.25, -0.2) is 0 Å². The van der Waals surface area contributed by atoms with Gasteiger partial charge in [-0.1, -0.05) is 19.9 Å². The first-order valence-corrected chi connectivity index (χ1v) is 5.52. The molecule has 1 atom stereocenters. The Morgan fingerprint density at radius 3 is 2.88 bits per heavy atom. The molecule has 0 aliphatic rings. The molecule has 1 rings (SSSR count). The van der Waals surface area contributed by atoms with Gasteiger partial charge in [0.05, 0.1) is 6.61 Å². The Bertz CT molecular complexity index is 365. The van der Waals surface area contributed by atoms with Gasteiger partial charge in [0.15, 0.2) is 0 Å². The molecule has 94 valence electrons. The summed E-state index contributed by atoms with van der Waals surface area (Å²) in [6, 6.07) is 2.96. The van der Waals surface area contributed by atoms with E-state index >= 15 is 0 Å². The van der Waals surface area contributed by atoms with E-state index in [1.54, 1.807) is 12.4 Å². The van der Waals surface area contributed by atoms with Crippen LogP contribution in [0.2, 0.25) is 0 Å². The van der Waals surface area contributed by atoms with Crippen LogP contribution in [-0.4, -0.2) is 35.2 Å². The monoisotopic (exact) mass is 237 g/mol. The molecule has 0 aromatic carbocycles. The van der Waals surface area contributed by atoms with E-state index in [-0.39, 0.29) is 17.9 Å². The van der Waals surface area contributed by atoms with Gasteiger partial charge in [0.1, 0.15) is 6.04 Å².